The van der Waals surface area contributed by atoms with Crippen molar-refractivity contribution in [3.63, 3.8) is 0 Å². The number of methoxy groups -OCH3 is 1. The van der Waals surface area contributed by atoms with Crippen LogP contribution >= 0.6 is 24.0 Å². The molecule has 1 aromatic carbocycles. The molecule has 3 aromatic rings. The summed E-state index contributed by atoms with van der Waals surface area (Å²) in [5.41, 5.74) is 2.25. The smallest absolute Gasteiger partial charge is 0.191 e. The molecule has 0 bridgehead atoms. The number of para-hydroxylation sites is 2. The standard InChI is InChI=1S/C21H30N8O.HI/c1-15-24-17-7-4-5-8-18(17)28(15)12-6-11-23-21(22-2)25-16-9-10-20-26-19(14-30-3)27-29(20)13-16;/h4-5,7-8,16H,6,9-14H2,1-3H3,(H2,22,23,25);1H. The number of ether oxygens (including phenoxy) is 1. The van der Waals surface area contributed by atoms with Gasteiger partial charge in [-0.15, -0.1) is 24.0 Å². The highest BCUT2D eigenvalue weighted by molar-refractivity contribution is 14.0. The molecule has 2 N–H and O–H groups in total. The fourth-order valence-corrected chi connectivity index (χ4v) is 3.98. The van der Waals surface area contributed by atoms with E-state index in [9.17, 15) is 0 Å². The van der Waals surface area contributed by atoms with Gasteiger partial charge in [0.05, 0.1) is 17.6 Å². The molecule has 3 heterocycles. The van der Waals surface area contributed by atoms with Gasteiger partial charge in [-0.25, -0.2) is 14.6 Å². The van der Waals surface area contributed by atoms with Crippen LogP contribution in [0.3, 0.4) is 0 Å². The molecule has 0 saturated carbocycles. The van der Waals surface area contributed by atoms with Gasteiger partial charge >= 0.3 is 0 Å². The predicted molar refractivity (Wildman–Crippen MR) is 132 cm³/mol. The molecular formula is C21H31IN8O. The molecule has 0 aliphatic carbocycles. The SMILES string of the molecule is CN=C(NCCCn1c(C)nc2ccccc21)NC1CCc2nc(COC)nn2C1.I. The van der Waals surface area contributed by atoms with Gasteiger partial charge in [0.2, 0.25) is 0 Å². The number of imidazole rings is 1. The highest BCUT2D eigenvalue weighted by atomic mass is 127. The monoisotopic (exact) mass is 538 g/mol. The molecule has 0 saturated heterocycles. The molecule has 4 rings (SSSR count). The van der Waals surface area contributed by atoms with Crippen LogP contribution in [0.2, 0.25) is 0 Å². The number of hydrogen-bond acceptors (Lipinski definition) is 5. The Morgan fingerprint density at radius 3 is 2.94 bits per heavy atom. The third kappa shape index (κ3) is 5.53. The largest absolute Gasteiger partial charge is 0.377 e. The van der Waals surface area contributed by atoms with E-state index in [2.05, 4.69) is 60.4 Å². The quantitative estimate of drug-likeness (QED) is 0.208. The fourth-order valence-electron chi connectivity index (χ4n) is 3.98. The van der Waals surface area contributed by atoms with Crippen molar-refractivity contribution < 1.29 is 4.74 Å². The topological polar surface area (TPSA) is 94.2 Å². The van der Waals surface area contributed by atoms with E-state index in [1.165, 1.54) is 5.52 Å². The molecular weight excluding hydrogens is 507 g/mol. The lowest BCUT2D eigenvalue weighted by Crippen LogP contribution is -2.47. The Balaban J connectivity index is 0.00000272. The summed E-state index contributed by atoms with van der Waals surface area (Å²) in [6.07, 6.45) is 2.89. The average Bonchev–Trinajstić information content (AvgIpc) is 3.29. The van der Waals surface area contributed by atoms with E-state index in [-0.39, 0.29) is 30.0 Å². The van der Waals surface area contributed by atoms with Gasteiger partial charge in [-0.05, 0) is 31.9 Å². The minimum Gasteiger partial charge on any atom is -0.377 e. The van der Waals surface area contributed by atoms with Gasteiger partial charge in [0.1, 0.15) is 18.3 Å². The second-order valence-electron chi connectivity index (χ2n) is 7.59. The van der Waals surface area contributed by atoms with E-state index < -0.39 is 0 Å². The van der Waals surface area contributed by atoms with Crippen LogP contribution in [0.4, 0.5) is 0 Å². The first-order valence-corrected chi connectivity index (χ1v) is 10.5. The van der Waals surface area contributed by atoms with Gasteiger partial charge in [-0.1, -0.05) is 12.1 Å². The van der Waals surface area contributed by atoms with Gasteiger partial charge in [0.15, 0.2) is 11.8 Å². The number of nitrogens with zero attached hydrogens (tertiary/aromatic N) is 6. The summed E-state index contributed by atoms with van der Waals surface area (Å²) in [5.74, 6) is 3.66. The lowest BCUT2D eigenvalue weighted by molar-refractivity contribution is 0.177. The summed E-state index contributed by atoms with van der Waals surface area (Å²) in [6, 6.07) is 8.56. The lowest BCUT2D eigenvalue weighted by atomic mass is 10.1. The van der Waals surface area contributed by atoms with Crippen LogP contribution in [0.15, 0.2) is 29.3 Å². The van der Waals surface area contributed by atoms with Crippen LogP contribution in [0, 0.1) is 6.92 Å². The van der Waals surface area contributed by atoms with Crippen LogP contribution < -0.4 is 10.6 Å². The van der Waals surface area contributed by atoms with Crippen molar-refractivity contribution in [2.24, 2.45) is 4.99 Å². The van der Waals surface area contributed by atoms with Crippen LogP contribution in [-0.2, 0) is 30.9 Å². The van der Waals surface area contributed by atoms with Gasteiger partial charge in [-0.3, -0.25) is 4.99 Å². The normalized spacial score (nSPS) is 16.1. The molecule has 0 amide bonds. The number of rotatable bonds is 7. The Bertz CT molecular complexity index is 1030. The molecule has 9 nitrogen and oxygen atoms in total. The molecule has 168 valence electrons. The van der Waals surface area contributed by atoms with Gasteiger partial charge < -0.3 is 19.9 Å². The molecule has 1 aliphatic rings. The van der Waals surface area contributed by atoms with Crippen molar-refractivity contribution in [2.75, 3.05) is 20.7 Å². The second kappa shape index (κ2) is 10.9. The molecule has 2 aromatic heterocycles. The van der Waals surface area contributed by atoms with Crippen molar-refractivity contribution in [1.29, 1.82) is 0 Å². The molecule has 10 heteroatoms. The zero-order valence-electron chi connectivity index (χ0n) is 18.3. The number of aromatic nitrogens is 5. The van der Waals surface area contributed by atoms with Gasteiger partial charge in [0.25, 0.3) is 0 Å². The number of fused-ring (bicyclic) bond motifs is 2. The van der Waals surface area contributed by atoms with E-state index in [0.717, 1.165) is 67.8 Å². The molecule has 1 atom stereocenters. The molecule has 0 spiro atoms. The van der Waals surface area contributed by atoms with Crippen molar-refractivity contribution in [1.82, 2.24) is 34.9 Å². The van der Waals surface area contributed by atoms with E-state index in [0.29, 0.717) is 6.61 Å². The zero-order chi connectivity index (χ0) is 20.9. The Labute approximate surface area is 199 Å². The first-order valence-electron chi connectivity index (χ1n) is 10.5. The van der Waals surface area contributed by atoms with E-state index in [1.807, 2.05) is 17.8 Å². The summed E-state index contributed by atoms with van der Waals surface area (Å²) in [6.45, 7) is 5.06. The van der Waals surface area contributed by atoms with Crippen molar-refractivity contribution in [2.45, 2.75) is 51.9 Å². The third-order valence-electron chi connectivity index (χ3n) is 5.44. The minimum atomic E-state index is 0. The Kier molecular flexibility index (Phi) is 8.24. The highest BCUT2D eigenvalue weighted by Gasteiger charge is 2.22. The number of guanidine groups is 1. The molecule has 0 radical (unpaired) electrons. The molecule has 1 aliphatic heterocycles. The van der Waals surface area contributed by atoms with Crippen molar-refractivity contribution in [3.8, 4) is 0 Å². The number of aliphatic imine (C=N–C) groups is 1. The summed E-state index contributed by atoms with van der Waals surface area (Å²) in [7, 11) is 3.47. The summed E-state index contributed by atoms with van der Waals surface area (Å²) >= 11 is 0. The fraction of sp³-hybridized carbons (Fsp3) is 0.524. The third-order valence-corrected chi connectivity index (χ3v) is 5.44. The second-order valence-corrected chi connectivity index (χ2v) is 7.59. The Morgan fingerprint density at radius 2 is 2.13 bits per heavy atom. The van der Waals surface area contributed by atoms with Crippen LogP contribution in [-0.4, -0.2) is 57.0 Å². The Hall–Kier alpha value is -2.21. The Morgan fingerprint density at radius 1 is 1.29 bits per heavy atom. The van der Waals surface area contributed by atoms with Crippen molar-refractivity contribution >= 4 is 41.0 Å². The van der Waals surface area contributed by atoms with E-state index >= 15 is 0 Å². The summed E-state index contributed by atoms with van der Waals surface area (Å²) in [4.78, 5) is 13.6. The van der Waals surface area contributed by atoms with Gasteiger partial charge in [0, 0.05) is 39.7 Å². The minimum absolute atomic E-state index is 0. The van der Waals surface area contributed by atoms with Crippen LogP contribution in [0.5, 0.6) is 0 Å². The number of nitrogens with one attached hydrogen (secondary N) is 2. The zero-order valence-corrected chi connectivity index (χ0v) is 20.7. The average molecular weight is 538 g/mol. The molecule has 31 heavy (non-hydrogen) atoms. The number of benzene rings is 1. The highest BCUT2D eigenvalue weighted by Crippen LogP contribution is 2.16. The van der Waals surface area contributed by atoms with Crippen LogP contribution in [0.1, 0.15) is 30.3 Å². The van der Waals surface area contributed by atoms with E-state index in [1.54, 1.807) is 7.11 Å². The van der Waals surface area contributed by atoms with E-state index in [4.69, 9.17) is 4.74 Å². The summed E-state index contributed by atoms with van der Waals surface area (Å²) < 4.78 is 9.40. The van der Waals surface area contributed by atoms with Crippen LogP contribution in [0.25, 0.3) is 11.0 Å². The first-order chi connectivity index (χ1) is 14.7. The van der Waals surface area contributed by atoms with Crippen molar-refractivity contribution in [3.05, 3.63) is 41.7 Å². The number of aryl methyl sites for hydroxylation is 3. The number of hydrogen-bond donors (Lipinski definition) is 2. The maximum Gasteiger partial charge on any atom is 0.191 e. The summed E-state index contributed by atoms with van der Waals surface area (Å²) in [5, 5.41) is 11.5. The molecule has 1 unspecified atom stereocenters. The predicted octanol–water partition coefficient (Wildman–Crippen LogP) is 2.27. The molecule has 0 fully saturated rings. The van der Waals surface area contributed by atoms with Gasteiger partial charge in [-0.2, -0.15) is 5.10 Å². The first kappa shape index (κ1) is 23.5. The lowest BCUT2D eigenvalue weighted by Gasteiger charge is -2.25. The maximum absolute atomic E-state index is 5.14. The number of halogens is 1. The maximum atomic E-state index is 5.14.